The lowest BCUT2D eigenvalue weighted by atomic mass is 9.96. The molecule has 2 N–H and O–H groups in total. The van der Waals surface area contributed by atoms with Crippen LogP contribution in [-0.2, 0) is 4.79 Å². The molecule has 0 aliphatic carbocycles. The second-order valence-electron chi connectivity index (χ2n) is 4.96. The van der Waals surface area contributed by atoms with Crippen molar-refractivity contribution in [2.45, 2.75) is 51.2 Å². The second-order valence-corrected chi connectivity index (χ2v) is 5.36. The zero-order valence-corrected chi connectivity index (χ0v) is 11.3. The number of carbonyl (C=O) groups is 1. The molecule has 6 heteroatoms. The van der Waals surface area contributed by atoms with Gasteiger partial charge < -0.3 is 5.11 Å². The Balaban J connectivity index is 2.25. The van der Waals surface area contributed by atoms with Gasteiger partial charge in [-0.2, -0.15) is 5.10 Å². The molecule has 0 radical (unpaired) electrons. The van der Waals surface area contributed by atoms with E-state index < -0.39 is 12.0 Å². The third kappa shape index (κ3) is 2.52. The Hall–Kier alpha value is -1.07. The maximum atomic E-state index is 11.1. The monoisotopic (exact) mass is 271 g/mol. The van der Waals surface area contributed by atoms with E-state index in [1.807, 2.05) is 18.5 Å². The van der Waals surface area contributed by atoms with Crippen LogP contribution in [0.15, 0.2) is 6.20 Å². The number of carboxylic acids is 1. The molecule has 2 unspecified atom stereocenters. The molecule has 5 nitrogen and oxygen atoms in total. The lowest BCUT2D eigenvalue weighted by Gasteiger charge is -2.30. The minimum absolute atomic E-state index is 0.0303. The summed E-state index contributed by atoms with van der Waals surface area (Å²) in [6.07, 6.45) is 4.07. The van der Waals surface area contributed by atoms with Gasteiger partial charge in [0, 0.05) is 6.04 Å². The first kappa shape index (κ1) is 13.4. The van der Waals surface area contributed by atoms with Gasteiger partial charge >= 0.3 is 5.97 Å². The molecule has 1 saturated heterocycles. The van der Waals surface area contributed by atoms with Gasteiger partial charge in [-0.25, -0.2) is 0 Å². The molecule has 0 bridgehead atoms. The topological polar surface area (TPSA) is 67.2 Å². The Morgan fingerprint density at radius 2 is 2.33 bits per heavy atom. The van der Waals surface area contributed by atoms with Crippen LogP contribution in [0.3, 0.4) is 0 Å². The molecule has 2 atom stereocenters. The van der Waals surface area contributed by atoms with Crippen LogP contribution in [0.5, 0.6) is 0 Å². The number of aromatic nitrogens is 2. The van der Waals surface area contributed by atoms with Crippen molar-refractivity contribution in [2.75, 3.05) is 0 Å². The summed E-state index contributed by atoms with van der Waals surface area (Å²) in [7, 11) is 0. The smallest absolute Gasteiger partial charge is 0.320 e. The predicted octanol–water partition coefficient (Wildman–Crippen LogP) is 2.39. The highest BCUT2D eigenvalue weighted by Crippen LogP contribution is 2.31. The van der Waals surface area contributed by atoms with Crippen LogP contribution in [0.2, 0.25) is 5.02 Å². The van der Waals surface area contributed by atoms with E-state index in [9.17, 15) is 4.79 Å². The molecule has 2 rings (SSSR count). The number of hydrogen-bond donors (Lipinski definition) is 2. The summed E-state index contributed by atoms with van der Waals surface area (Å²) < 4.78 is 1.87. The number of rotatable bonds is 3. The highest BCUT2D eigenvalue weighted by Gasteiger charge is 2.30. The van der Waals surface area contributed by atoms with E-state index in [2.05, 4.69) is 10.4 Å². The van der Waals surface area contributed by atoms with Crippen LogP contribution in [-0.4, -0.2) is 26.9 Å². The van der Waals surface area contributed by atoms with Crippen molar-refractivity contribution in [3.05, 3.63) is 16.9 Å². The van der Waals surface area contributed by atoms with Crippen molar-refractivity contribution in [3.8, 4) is 0 Å². The van der Waals surface area contributed by atoms with Crippen LogP contribution in [0, 0.1) is 0 Å². The molecule has 0 saturated carbocycles. The van der Waals surface area contributed by atoms with E-state index in [1.165, 1.54) is 0 Å². The Morgan fingerprint density at radius 3 is 2.94 bits per heavy atom. The average Bonchev–Trinajstić information content (AvgIpc) is 2.71. The van der Waals surface area contributed by atoms with Gasteiger partial charge in [0.15, 0.2) is 0 Å². The molecule has 1 aromatic rings. The normalized spacial score (nSPS) is 24.4. The predicted molar refractivity (Wildman–Crippen MR) is 68.8 cm³/mol. The summed E-state index contributed by atoms with van der Waals surface area (Å²) in [4.78, 5) is 11.1. The van der Waals surface area contributed by atoms with Crippen molar-refractivity contribution < 1.29 is 9.90 Å². The summed E-state index contributed by atoms with van der Waals surface area (Å²) in [5, 5.41) is 17.1. The molecule has 1 aromatic heterocycles. The number of piperidine rings is 1. The van der Waals surface area contributed by atoms with Crippen molar-refractivity contribution >= 4 is 17.6 Å². The molecule has 0 aromatic carbocycles. The summed E-state index contributed by atoms with van der Waals surface area (Å²) in [5.41, 5.74) is 0.901. The summed E-state index contributed by atoms with van der Waals surface area (Å²) in [6.45, 7) is 4.06. The molecular formula is C12H18ClN3O2. The van der Waals surface area contributed by atoms with Gasteiger partial charge in [0.2, 0.25) is 0 Å². The van der Waals surface area contributed by atoms with Gasteiger partial charge in [0.05, 0.1) is 23.0 Å². The molecule has 2 heterocycles. The van der Waals surface area contributed by atoms with Crippen LogP contribution < -0.4 is 5.32 Å². The van der Waals surface area contributed by atoms with E-state index in [-0.39, 0.29) is 12.1 Å². The lowest BCUT2D eigenvalue weighted by Crippen LogP contribution is -2.43. The van der Waals surface area contributed by atoms with E-state index in [0.717, 1.165) is 18.5 Å². The fraction of sp³-hybridized carbons (Fsp3) is 0.667. The van der Waals surface area contributed by atoms with Gasteiger partial charge in [-0.05, 0) is 33.1 Å². The van der Waals surface area contributed by atoms with Crippen molar-refractivity contribution in [2.24, 2.45) is 0 Å². The molecule has 100 valence electrons. The average molecular weight is 272 g/mol. The number of nitrogens with zero attached hydrogens (tertiary/aromatic N) is 2. The zero-order valence-electron chi connectivity index (χ0n) is 10.6. The molecule has 0 spiro atoms. The highest BCUT2D eigenvalue weighted by molar-refractivity contribution is 6.31. The third-order valence-electron chi connectivity index (χ3n) is 3.29. The second kappa shape index (κ2) is 5.28. The third-order valence-corrected chi connectivity index (χ3v) is 3.58. The highest BCUT2D eigenvalue weighted by atomic mass is 35.5. The number of aliphatic carboxylic acids is 1. The number of hydrogen-bond acceptors (Lipinski definition) is 3. The van der Waals surface area contributed by atoms with Gasteiger partial charge in [-0.1, -0.05) is 11.6 Å². The van der Waals surface area contributed by atoms with Crippen LogP contribution in [0.4, 0.5) is 0 Å². The van der Waals surface area contributed by atoms with Gasteiger partial charge in [0.25, 0.3) is 0 Å². The van der Waals surface area contributed by atoms with E-state index in [4.69, 9.17) is 16.7 Å². The standard InChI is InChI=1S/C12H18ClN3O2/c1-7(2)16-11(8(13)6-14-16)9-4-3-5-10(15-9)12(17)18/h6-7,9-10,15H,3-5H2,1-2H3,(H,17,18). The Morgan fingerprint density at radius 1 is 1.61 bits per heavy atom. The minimum atomic E-state index is -0.800. The first-order valence-electron chi connectivity index (χ1n) is 6.22. The van der Waals surface area contributed by atoms with Crippen LogP contribution in [0.25, 0.3) is 0 Å². The quantitative estimate of drug-likeness (QED) is 0.886. The number of nitrogens with one attached hydrogen (secondary N) is 1. The first-order chi connectivity index (χ1) is 8.50. The van der Waals surface area contributed by atoms with Crippen molar-refractivity contribution in [1.29, 1.82) is 0 Å². The number of halogens is 1. The summed E-state index contributed by atoms with van der Waals surface area (Å²) in [6, 6.07) is -0.313. The summed E-state index contributed by atoms with van der Waals surface area (Å²) >= 11 is 6.18. The van der Waals surface area contributed by atoms with Gasteiger partial charge in [0.1, 0.15) is 6.04 Å². The lowest BCUT2D eigenvalue weighted by molar-refractivity contribution is -0.140. The Kier molecular flexibility index (Phi) is 3.92. The van der Waals surface area contributed by atoms with Crippen molar-refractivity contribution in [1.82, 2.24) is 15.1 Å². The van der Waals surface area contributed by atoms with E-state index in [0.29, 0.717) is 11.4 Å². The molecule has 18 heavy (non-hydrogen) atoms. The largest absolute Gasteiger partial charge is 0.480 e. The maximum Gasteiger partial charge on any atom is 0.320 e. The number of carboxylic acid groups (broad SMARTS) is 1. The van der Waals surface area contributed by atoms with Gasteiger partial charge in [-0.15, -0.1) is 0 Å². The molecule has 1 fully saturated rings. The minimum Gasteiger partial charge on any atom is -0.480 e. The first-order valence-corrected chi connectivity index (χ1v) is 6.60. The molecule has 1 aliphatic rings. The maximum absolute atomic E-state index is 11.1. The zero-order chi connectivity index (χ0) is 13.3. The Labute approximate surface area is 111 Å². The van der Waals surface area contributed by atoms with Crippen LogP contribution >= 0.6 is 11.6 Å². The molecule has 0 amide bonds. The van der Waals surface area contributed by atoms with Gasteiger partial charge in [-0.3, -0.25) is 14.8 Å². The Bertz CT molecular complexity index is 445. The molecule has 1 aliphatic heterocycles. The fourth-order valence-electron chi connectivity index (χ4n) is 2.43. The SMILES string of the molecule is CC(C)n1ncc(Cl)c1C1CCCC(C(=O)O)N1. The summed E-state index contributed by atoms with van der Waals surface area (Å²) in [5.74, 6) is -0.800. The van der Waals surface area contributed by atoms with E-state index in [1.54, 1.807) is 6.20 Å². The van der Waals surface area contributed by atoms with Crippen LogP contribution in [0.1, 0.15) is 50.9 Å². The molecular weight excluding hydrogens is 254 g/mol. The van der Waals surface area contributed by atoms with Crippen molar-refractivity contribution in [3.63, 3.8) is 0 Å². The fourth-order valence-corrected chi connectivity index (χ4v) is 2.70. The van der Waals surface area contributed by atoms with E-state index >= 15 is 0 Å².